The van der Waals surface area contributed by atoms with Gasteiger partial charge in [0.2, 0.25) is 0 Å². The molecule has 0 saturated heterocycles. The second kappa shape index (κ2) is 7.33. The molecule has 0 radical (unpaired) electrons. The van der Waals surface area contributed by atoms with Gasteiger partial charge in [-0.15, -0.1) is 18.3 Å². The van der Waals surface area contributed by atoms with Crippen molar-refractivity contribution in [1.82, 2.24) is 0 Å². The van der Waals surface area contributed by atoms with Crippen molar-refractivity contribution in [2.45, 2.75) is 0 Å². The van der Waals surface area contributed by atoms with Gasteiger partial charge in [0.25, 0.3) is 0 Å². The number of thioether (sulfide) groups is 1. The third-order valence-corrected chi connectivity index (χ3v) is 3.87. The lowest BCUT2D eigenvalue weighted by Gasteiger charge is -2.00. The molecule has 74 valence electrons. The molecule has 0 aromatic heterocycles. The lowest BCUT2D eigenvalue weighted by atomic mass is 10.6. The van der Waals surface area contributed by atoms with Crippen LogP contribution in [-0.4, -0.2) is 5.75 Å². The minimum absolute atomic E-state index is 0.0477. The molecule has 0 aliphatic heterocycles. The Morgan fingerprint density at radius 1 is 1.08 bits per heavy atom. The van der Waals surface area contributed by atoms with Crippen molar-refractivity contribution < 1.29 is 0 Å². The summed E-state index contributed by atoms with van der Waals surface area (Å²) in [5, 5.41) is 0.196. The van der Waals surface area contributed by atoms with Gasteiger partial charge in [0, 0.05) is 5.75 Å². The van der Waals surface area contributed by atoms with Crippen molar-refractivity contribution in [3.8, 4) is 0 Å². The second-order valence-electron chi connectivity index (χ2n) is 1.76. The highest BCUT2D eigenvalue weighted by Gasteiger charge is 2.09. The predicted octanol–water partition coefficient (Wildman–Crippen LogP) is 5.44. The van der Waals surface area contributed by atoms with E-state index in [0.29, 0.717) is 10.1 Å². The molecular formula is C7H5Cl5S. The fraction of sp³-hybridized carbons (Fsp3) is 0.143. The third kappa shape index (κ3) is 5.46. The van der Waals surface area contributed by atoms with Crippen molar-refractivity contribution >= 4 is 69.8 Å². The molecule has 0 N–H and O–H groups in total. The molecule has 0 aromatic carbocycles. The second-order valence-corrected chi connectivity index (χ2v) is 5.10. The van der Waals surface area contributed by atoms with Crippen LogP contribution in [0.5, 0.6) is 0 Å². The first-order valence-electron chi connectivity index (χ1n) is 3.00. The summed E-state index contributed by atoms with van der Waals surface area (Å²) in [6.07, 6.45) is 1.69. The van der Waals surface area contributed by atoms with Crippen molar-refractivity contribution in [3.63, 3.8) is 0 Å². The highest BCUT2D eigenvalue weighted by atomic mass is 35.5. The van der Waals surface area contributed by atoms with Gasteiger partial charge in [-0.05, 0) is 0 Å². The van der Waals surface area contributed by atoms with E-state index < -0.39 is 0 Å². The van der Waals surface area contributed by atoms with E-state index in [0.717, 1.165) is 0 Å². The van der Waals surface area contributed by atoms with E-state index in [2.05, 4.69) is 6.58 Å². The highest BCUT2D eigenvalue weighted by Crippen LogP contribution is 2.35. The zero-order valence-electron chi connectivity index (χ0n) is 6.29. The average molecular weight is 298 g/mol. The number of halogens is 5. The summed E-state index contributed by atoms with van der Waals surface area (Å²) in [5.74, 6) is 0.638. The molecule has 0 aliphatic rings. The van der Waals surface area contributed by atoms with Crippen LogP contribution in [0, 0.1) is 0 Å². The van der Waals surface area contributed by atoms with E-state index in [4.69, 9.17) is 58.0 Å². The third-order valence-electron chi connectivity index (χ3n) is 0.859. The first-order valence-corrected chi connectivity index (χ1v) is 5.88. The Kier molecular flexibility index (Phi) is 7.90. The fourth-order valence-corrected chi connectivity index (χ4v) is 1.88. The Balaban J connectivity index is 4.61. The summed E-state index contributed by atoms with van der Waals surface area (Å²) in [7, 11) is 0. The number of rotatable bonds is 4. The molecule has 0 spiro atoms. The van der Waals surface area contributed by atoms with Crippen LogP contribution in [0.15, 0.2) is 31.6 Å². The van der Waals surface area contributed by atoms with Crippen molar-refractivity contribution in [2.24, 2.45) is 0 Å². The SMILES string of the molecule is C=CCS/C(Cl)=C(\Cl)C(Cl)=C(Cl)Cl. The number of allylic oxidation sites excluding steroid dienone is 2. The van der Waals surface area contributed by atoms with Crippen LogP contribution in [0.2, 0.25) is 0 Å². The number of hydrogen-bond donors (Lipinski definition) is 0. The summed E-state index contributed by atoms with van der Waals surface area (Å²) in [6, 6.07) is 0. The maximum absolute atomic E-state index is 5.78. The van der Waals surface area contributed by atoms with Gasteiger partial charge in [-0.1, -0.05) is 64.1 Å². The summed E-state index contributed by atoms with van der Waals surface area (Å²) in [4.78, 5) is 0. The molecule has 0 fully saturated rings. The molecular weight excluding hydrogens is 293 g/mol. The molecule has 0 heterocycles. The number of hydrogen-bond acceptors (Lipinski definition) is 1. The van der Waals surface area contributed by atoms with Crippen molar-refractivity contribution in [1.29, 1.82) is 0 Å². The van der Waals surface area contributed by atoms with Crippen molar-refractivity contribution in [2.75, 3.05) is 5.75 Å². The maximum Gasteiger partial charge on any atom is 0.127 e. The van der Waals surface area contributed by atoms with Gasteiger partial charge in [-0.2, -0.15) is 0 Å². The molecule has 0 nitrogen and oxygen atoms in total. The minimum atomic E-state index is -0.107. The van der Waals surface area contributed by atoms with Crippen LogP contribution in [0.4, 0.5) is 0 Å². The largest absolute Gasteiger partial charge is 0.127 e. The Morgan fingerprint density at radius 2 is 1.62 bits per heavy atom. The van der Waals surface area contributed by atoms with Gasteiger partial charge in [0.15, 0.2) is 0 Å². The monoisotopic (exact) mass is 296 g/mol. The van der Waals surface area contributed by atoms with Crippen LogP contribution in [0.3, 0.4) is 0 Å². The summed E-state index contributed by atoms with van der Waals surface area (Å²) >= 11 is 29.3. The highest BCUT2D eigenvalue weighted by molar-refractivity contribution is 8.04. The lowest BCUT2D eigenvalue weighted by Crippen LogP contribution is -1.78. The standard InChI is InChI=1S/C7H5Cl5S/c1-2-3-13-7(12)5(9)4(8)6(10)11/h2H,1,3H2/b7-5-. The summed E-state index contributed by atoms with van der Waals surface area (Å²) < 4.78 is 0.231. The topological polar surface area (TPSA) is 0 Å². The molecule has 0 saturated carbocycles. The van der Waals surface area contributed by atoms with Gasteiger partial charge in [-0.3, -0.25) is 0 Å². The van der Waals surface area contributed by atoms with Crippen LogP contribution in [0.1, 0.15) is 0 Å². The first-order chi connectivity index (χ1) is 6.00. The van der Waals surface area contributed by atoms with Crippen LogP contribution in [-0.2, 0) is 0 Å². The first kappa shape index (κ1) is 14.0. The molecule has 0 aromatic rings. The molecule has 6 heteroatoms. The van der Waals surface area contributed by atoms with E-state index >= 15 is 0 Å². The minimum Gasteiger partial charge on any atom is -0.108 e. The normalized spacial score (nSPS) is 12.1. The van der Waals surface area contributed by atoms with Gasteiger partial charge in [0.05, 0.1) is 14.4 Å². The quantitative estimate of drug-likeness (QED) is 0.492. The Morgan fingerprint density at radius 3 is 2.00 bits per heavy atom. The van der Waals surface area contributed by atoms with E-state index in [1.54, 1.807) is 6.08 Å². The summed E-state index contributed by atoms with van der Waals surface area (Å²) in [6.45, 7) is 3.53. The van der Waals surface area contributed by atoms with Crippen LogP contribution >= 0.6 is 69.8 Å². The molecule has 13 heavy (non-hydrogen) atoms. The predicted molar refractivity (Wildman–Crippen MR) is 66.0 cm³/mol. The molecule has 0 atom stereocenters. The van der Waals surface area contributed by atoms with E-state index in [9.17, 15) is 0 Å². The molecule has 0 amide bonds. The van der Waals surface area contributed by atoms with E-state index in [1.165, 1.54) is 11.8 Å². The van der Waals surface area contributed by atoms with Crippen LogP contribution < -0.4 is 0 Å². The average Bonchev–Trinajstić information content (AvgIpc) is 2.11. The Labute approximate surface area is 106 Å². The fourth-order valence-electron chi connectivity index (χ4n) is 0.365. The van der Waals surface area contributed by atoms with Gasteiger partial charge >= 0.3 is 0 Å². The Bertz CT molecular complexity index is 252. The van der Waals surface area contributed by atoms with Crippen molar-refractivity contribution in [3.05, 3.63) is 31.6 Å². The Hall–Kier alpha value is 1.02. The molecule has 0 bridgehead atoms. The zero-order valence-corrected chi connectivity index (χ0v) is 10.9. The maximum atomic E-state index is 5.78. The lowest BCUT2D eigenvalue weighted by molar-refractivity contribution is 1.80. The van der Waals surface area contributed by atoms with Gasteiger partial charge < -0.3 is 0 Å². The van der Waals surface area contributed by atoms with E-state index in [1.807, 2.05) is 0 Å². The molecule has 0 rings (SSSR count). The molecule has 0 unspecified atom stereocenters. The van der Waals surface area contributed by atoms with E-state index in [-0.39, 0.29) is 14.6 Å². The van der Waals surface area contributed by atoms with Gasteiger partial charge in [0.1, 0.15) is 4.49 Å². The molecule has 0 aliphatic carbocycles. The van der Waals surface area contributed by atoms with Gasteiger partial charge in [-0.25, -0.2) is 0 Å². The zero-order chi connectivity index (χ0) is 10.4. The smallest absolute Gasteiger partial charge is 0.108 e. The summed E-state index contributed by atoms with van der Waals surface area (Å²) in [5.41, 5.74) is 0. The van der Waals surface area contributed by atoms with Crippen LogP contribution in [0.25, 0.3) is 0 Å².